The van der Waals surface area contributed by atoms with Crippen molar-refractivity contribution >= 4 is 28.3 Å². The van der Waals surface area contributed by atoms with Gasteiger partial charge < -0.3 is 5.32 Å². The molecule has 0 saturated heterocycles. The van der Waals surface area contributed by atoms with Crippen molar-refractivity contribution in [3.8, 4) is 0 Å². The number of hydrogen-bond donors (Lipinski definition) is 1. The van der Waals surface area contributed by atoms with Crippen molar-refractivity contribution in [3.05, 3.63) is 29.8 Å². The lowest BCUT2D eigenvalue weighted by atomic mass is 10.1. The van der Waals surface area contributed by atoms with Gasteiger partial charge in [0.25, 0.3) is 5.82 Å². The number of likely N-dealkylation sites (N-methyl/N-ethyl adjacent to an activating group) is 1. The van der Waals surface area contributed by atoms with Crippen molar-refractivity contribution in [2.75, 3.05) is 23.8 Å². The number of amides is 1. The Morgan fingerprint density at radius 1 is 1.35 bits per heavy atom. The molecule has 0 radical (unpaired) electrons. The summed E-state index contributed by atoms with van der Waals surface area (Å²) in [6.07, 6.45) is 0.959. The minimum Gasteiger partial charge on any atom is -0.325 e. The van der Waals surface area contributed by atoms with Crippen LogP contribution in [0, 0.1) is 5.92 Å². The normalized spacial score (nSPS) is 13.9. The van der Waals surface area contributed by atoms with Crippen LogP contribution in [-0.4, -0.2) is 19.5 Å². The fourth-order valence-electron chi connectivity index (χ4n) is 2.66. The highest BCUT2D eigenvalue weighted by molar-refractivity contribution is 6.03. The van der Waals surface area contributed by atoms with Crippen LogP contribution in [0.25, 0.3) is 10.9 Å². The van der Waals surface area contributed by atoms with Gasteiger partial charge in [0, 0.05) is 17.7 Å². The van der Waals surface area contributed by atoms with Gasteiger partial charge in [0.1, 0.15) is 5.52 Å². The van der Waals surface area contributed by atoms with E-state index in [-0.39, 0.29) is 11.8 Å². The fourth-order valence-corrected chi connectivity index (χ4v) is 2.66. The second-order valence-corrected chi connectivity index (χ2v) is 5.69. The summed E-state index contributed by atoms with van der Waals surface area (Å²) >= 11 is 0. The van der Waals surface area contributed by atoms with Gasteiger partial charge in [-0.1, -0.05) is 26.0 Å². The Hall–Kier alpha value is -2.10. The number of para-hydroxylation sites is 1. The number of nitrogens with one attached hydrogen (secondary N) is 2. The maximum Gasteiger partial charge on any atom is 0.280 e. The average molecular weight is 270 g/mol. The molecular formula is C16H20N3O+. The Morgan fingerprint density at radius 3 is 2.85 bits per heavy atom. The van der Waals surface area contributed by atoms with Gasteiger partial charge >= 0.3 is 0 Å². The van der Waals surface area contributed by atoms with E-state index in [1.165, 1.54) is 5.56 Å². The first-order valence-corrected chi connectivity index (χ1v) is 7.07. The Morgan fingerprint density at radius 2 is 2.10 bits per heavy atom. The summed E-state index contributed by atoms with van der Waals surface area (Å²) in [4.78, 5) is 17.8. The van der Waals surface area contributed by atoms with E-state index in [1.54, 1.807) is 0 Å². The molecule has 2 N–H and O–H groups in total. The molecule has 2 heterocycles. The third-order valence-corrected chi connectivity index (χ3v) is 3.89. The molecule has 1 aliphatic rings. The quantitative estimate of drug-likeness (QED) is 0.909. The van der Waals surface area contributed by atoms with E-state index in [4.69, 9.17) is 0 Å². The summed E-state index contributed by atoms with van der Waals surface area (Å²) in [5, 5.41) is 4.20. The van der Waals surface area contributed by atoms with Gasteiger partial charge in [0.15, 0.2) is 0 Å². The van der Waals surface area contributed by atoms with Crippen LogP contribution in [0.15, 0.2) is 24.3 Å². The number of fused-ring (bicyclic) bond motifs is 2. The number of anilines is 2. The van der Waals surface area contributed by atoms with Gasteiger partial charge in [0.05, 0.1) is 24.8 Å². The standard InChI is InChI=1S/C16H19N3O/c1-10(2)16(20)18-14-11-6-4-5-7-13(11)17-15-12(14)8-9-19(15)3/h4-7,10H,8-9H2,1-3H3,(H,17,18,20)/p+1. The van der Waals surface area contributed by atoms with E-state index in [9.17, 15) is 4.79 Å². The lowest BCUT2D eigenvalue weighted by Crippen LogP contribution is -2.23. The first kappa shape index (κ1) is 12.9. The number of pyridine rings is 1. The molecule has 0 saturated carbocycles. The minimum atomic E-state index is -0.0206. The van der Waals surface area contributed by atoms with Crippen molar-refractivity contribution in [1.82, 2.24) is 0 Å². The summed E-state index contributed by atoms with van der Waals surface area (Å²) in [5.41, 5.74) is 3.23. The minimum absolute atomic E-state index is 0.0206. The molecule has 0 spiro atoms. The smallest absolute Gasteiger partial charge is 0.280 e. The molecule has 3 rings (SSSR count). The maximum atomic E-state index is 12.1. The Kier molecular flexibility index (Phi) is 3.08. The van der Waals surface area contributed by atoms with E-state index in [2.05, 4.69) is 28.3 Å². The van der Waals surface area contributed by atoms with E-state index >= 15 is 0 Å². The second kappa shape index (κ2) is 4.78. The second-order valence-electron chi connectivity index (χ2n) is 5.69. The highest BCUT2D eigenvalue weighted by Gasteiger charge is 2.29. The van der Waals surface area contributed by atoms with E-state index in [0.29, 0.717) is 0 Å². The molecule has 0 aliphatic carbocycles. The number of aromatic nitrogens is 1. The maximum absolute atomic E-state index is 12.1. The van der Waals surface area contributed by atoms with Gasteiger partial charge in [-0.05, 0) is 12.1 Å². The van der Waals surface area contributed by atoms with Crippen LogP contribution in [0.5, 0.6) is 0 Å². The molecular weight excluding hydrogens is 250 g/mol. The van der Waals surface area contributed by atoms with Crippen molar-refractivity contribution in [2.45, 2.75) is 20.3 Å². The number of nitrogens with zero attached hydrogens (tertiary/aromatic N) is 1. The molecule has 20 heavy (non-hydrogen) atoms. The molecule has 2 aromatic rings. The van der Waals surface area contributed by atoms with Crippen LogP contribution in [0.1, 0.15) is 19.4 Å². The molecule has 0 fully saturated rings. The highest BCUT2D eigenvalue weighted by Crippen LogP contribution is 2.34. The van der Waals surface area contributed by atoms with Crippen LogP contribution in [-0.2, 0) is 11.2 Å². The number of H-pyrrole nitrogens is 1. The third-order valence-electron chi connectivity index (χ3n) is 3.89. The zero-order valence-corrected chi connectivity index (χ0v) is 12.2. The summed E-state index contributed by atoms with van der Waals surface area (Å²) in [7, 11) is 2.07. The van der Waals surface area contributed by atoms with Gasteiger partial charge in [-0.2, -0.15) is 0 Å². The predicted molar refractivity (Wildman–Crippen MR) is 80.9 cm³/mol. The number of carbonyl (C=O) groups excluding carboxylic acids is 1. The van der Waals surface area contributed by atoms with Crippen LogP contribution in [0.2, 0.25) is 0 Å². The number of carbonyl (C=O) groups is 1. The third kappa shape index (κ3) is 2.01. The molecule has 1 aliphatic heterocycles. The summed E-state index contributed by atoms with van der Waals surface area (Å²) in [6, 6.07) is 8.12. The summed E-state index contributed by atoms with van der Waals surface area (Å²) in [6.45, 7) is 4.81. The molecule has 1 amide bonds. The van der Waals surface area contributed by atoms with Gasteiger partial charge in [-0.15, -0.1) is 0 Å². The van der Waals surface area contributed by atoms with Gasteiger partial charge in [-0.25, -0.2) is 4.98 Å². The van der Waals surface area contributed by atoms with Gasteiger partial charge in [0.2, 0.25) is 5.91 Å². The summed E-state index contributed by atoms with van der Waals surface area (Å²) < 4.78 is 0. The van der Waals surface area contributed by atoms with Crippen molar-refractivity contribution < 1.29 is 9.78 Å². The number of aromatic amines is 1. The number of rotatable bonds is 2. The SMILES string of the molecule is CC(C)C(=O)Nc1c2c([nH+]c3ccccc13)N(C)CC2. The van der Waals surface area contributed by atoms with E-state index < -0.39 is 0 Å². The molecule has 0 unspecified atom stereocenters. The van der Waals surface area contributed by atoms with Crippen molar-refractivity contribution in [2.24, 2.45) is 5.92 Å². The van der Waals surface area contributed by atoms with Crippen molar-refractivity contribution in [1.29, 1.82) is 0 Å². The van der Waals surface area contributed by atoms with Crippen LogP contribution >= 0.6 is 0 Å². The first-order valence-electron chi connectivity index (χ1n) is 7.07. The molecule has 104 valence electrons. The first-order chi connectivity index (χ1) is 9.58. The molecule has 1 aromatic carbocycles. The van der Waals surface area contributed by atoms with Crippen LogP contribution in [0.3, 0.4) is 0 Å². The monoisotopic (exact) mass is 270 g/mol. The topological polar surface area (TPSA) is 46.5 Å². The van der Waals surface area contributed by atoms with Crippen molar-refractivity contribution in [3.63, 3.8) is 0 Å². The summed E-state index contributed by atoms with van der Waals surface area (Å²) in [5.74, 6) is 1.16. The highest BCUT2D eigenvalue weighted by atomic mass is 16.1. The van der Waals surface area contributed by atoms with Gasteiger partial charge in [-0.3, -0.25) is 9.69 Å². The van der Waals surface area contributed by atoms with E-state index in [0.717, 1.165) is 35.4 Å². The Balaban J connectivity index is 2.20. The molecule has 4 nitrogen and oxygen atoms in total. The lowest BCUT2D eigenvalue weighted by molar-refractivity contribution is -0.329. The number of benzene rings is 1. The lowest BCUT2D eigenvalue weighted by Gasteiger charge is -2.13. The Bertz CT molecular complexity index is 679. The zero-order valence-electron chi connectivity index (χ0n) is 12.2. The van der Waals surface area contributed by atoms with E-state index in [1.807, 2.05) is 32.0 Å². The fraction of sp³-hybridized carbons (Fsp3) is 0.375. The molecule has 4 heteroatoms. The predicted octanol–water partition coefficient (Wildman–Crippen LogP) is 2.24. The van der Waals surface area contributed by atoms with Crippen LogP contribution < -0.4 is 15.2 Å². The molecule has 1 aromatic heterocycles. The molecule has 0 atom stereocenters. The Labute approximate surface area is 118 Å². The average Bonchev–Trinajstić information content (AvgIpc) is 2.80. The number of hydrogen-bond acceptors (Lipinski definition) is 2. The molecule has 0 bridgehead atoms. The van der Waals surface area contributed by atoms with Crippen LogP contribution in [0.4, 0.5) is 11.5 Å². The largest absolute Gasteiger partial charge is 0.325 e. The zero-order chi connectivity index (χ0) is 14.3.